The predicted octanol–water partition coefficient (Wildman–Crippen LogP) is 1.55. The highest BCUT2D eigenvalue weighted by Crippen LogP contribution is 2.17. The highest BCUT2D eigenvalue weighted by atomic mass is 15.3. The molecular weight excluding hydrogens is 212 g/mol. The van der Waals surface area contributed by atoms with Crippen molar-refractivity contribution in [3.05, 3.63) is 35.7 Å². The number of nitrogens with two attached hydrogens (primary N) is 1. The van der Waals surface area contributed by atoms with Gasteiger partial charge in [-0.2, -0.15) is 5.10 Å². The SMILES string of the molecule is CCc1nc(-c2ccc(CCN)cc2)n(C)n1. The summed E-state index contributed by atoms with van der Waals surface area (Å²) in [6.07, 6.45) is 1.78. The molecule has 2 N–H and O–H groups in total. The molecule has 17 heavy (non-hydrogen) atoms. The first kappa shape index (κ1) is 11.8. The van der Waals surface area contributed by atoms with Gasteiger partial charge in [-0.15, -0.1) is 0 Å². The Bertz CT molecular complexity index is 485. The molecule has 0 aliphatic rings. The van der Waals surface area contributed by atoms with E-state index < -0.39 is 0 Å². The molecule has 0 unspecified atom stereocenters. The van der Waals surface area contributed by atoms with Crippen molar-refractivity contribution in [1.29, 1.82) is 0 Å². The van der Waals surface area contributed by atoms with Crippen LogP contribution in [0.3, 0.4) is 0 Å². The quantitative estimate of drug-likeness (QED) is 0.867. The van der Waals surface area contributed by atoms with Gasteiger partial charge in [-0.1, -0.05) is 31.2 Å². The Balaban J connectivity index is 2.29. The van der Waals surface area contributed by atoms with Gasteiger partial charge in [-0.25, -0.2) is 9.67 Å². The average molecular weight is 230 g/mol. The third kappa shape index (κ3) is 2.53. The van der Waals surface area contributed by atoms with Crippen LogP contribution in [0.15, 0.2) is 24.3 Å². The number of aromatic nitrogens is 3. The molecule has 0 radical (unpaired) electrons. The molecule has 0 amide bonds. The maximum Gasteiger partial charge on any atom is 0.158 e. The molecule has 0 bridgehead atoms. The molecular formula is C13H18N4. The van der Waals surface area contributed by atoms with Gasteiger partial charge in [0.2, 0.25) is 0 Å². The molecule has 0 saturated heterocycles. The molecule has 0 aliphatic heterocycles. The lowest BCUT2D eigenvalue weighted by Gasteiger charge is -2.02. The van der Waals surface area contributed by atoms with Crippen molar-refractivity contribution >= 4 is 0 Å². The van der Waals surface area contributed by atoms with Crippen LogP contribution in [-0.2, 0) is 19.9 Å². The molecule has 2 aromatic rings. The van der Waals surface area contributed by atoms with Crippen LogP contribution in [0.4, 0.5) is 0 Å². The molecule has 1 aromatic carbocycles. The summed E-state index contributed by atoms with van der Waals surface area (Å²) < 4.78 is 1.83. The number of aryl methyl sites for hydroxylation is 2. The van der Waals surface area contributed by atoms with Crippen molar-refractivity contribution in [2.45, 2.75) is 19.8 Å². The van der Waals surface area contributed by atoms with E-state index in [1.165, 1.54) is 5.56 Å². The van der Waals surface area contributed by atoms with Gasteiger partial charge in [0.15, 0.2) is 11.6 Å². The Morgan fingerprint density at radius 2 is 1.94 bits per heavy atom. The normalized spacial score (nSPS) is 10.8. The van der Waals surface area contributed by atoms with E-state index in [0.29, 0.717) is 6.54 Å². The van der Waals surface area contributed by atoms with Crippen LogP contribution in [0.5, 0.6) is 0 Å². The molecule has 0 fully saturated rings. The van der Waals surface area contributed by atoms with Gasteiger partial charge in [-0.05, 0) is 18.5 Å². The number of benzene rings is 1. The third-order valence-electron chi connectivity index (χ3n) is 2.77. The van der Waals surface area contributed by atoms with Gasteiger partial charge in [0.1, 0.15) is 0 Å². The number of hydrogen-bond acceptors (Lipinski definition) is 3. The molecule has 0 atom stereocenters. The standard InChI is InChI=1S/C13H18N4/c1-3-12-15-13(17(2)16-12)11-6-4-10(5-7-11)8-9-14/h4-7H,3,8-9,14H2,1-2H3. The van der Waals surface area contributed by atoms with Crippen LogP contribution in [0.25, 0.3) is 11.4 Å². The van der Waals surface area contributed by atoms with E-state index in [9.17, 15) is 0 Å². The summed E-state index contributed by atoms with van der Waals surface area (Å²) in [5.41, 5.74) is 7.88. The second-order valence-corrected chi connectivity index (χ2v) is 4.06. The lowest BCUT2D eigenvalue weighted by atomic mass is 10.1. The summed E-state index contributed by atoms with van der Waals surface area (Å²) in [6.45, 7) is 2.74. The summed E-state index contributed by atoms with van der Waals surface area (Å²) in [7, 11) is 1.93. The van der Waals surface area contributed by atoms with E-state index in [0.717, 1.165) is 30.1 Å². The van der Waals surface area contributed by atoms with Crippen molar-refractivity contribution < 1.29 is 0 Å². The molecule has 90 valence electrons. The molecule has 4 nitrogen and oxygen atoms in total. The minimum atomic E-state index is 0.684. The van der Waals surface area contributed by atoms with E-state index in [1.807, 2.05) is 11.7 Å². The van der Waals surface area contributed by atoms with E-state index in [1.54, 1.807) is 0 Å². The lowest BCUT2D eigenvalue weighted by Crippen LogP contribution is -2.02. The van der Waals surface area contributed by atoms with E-state index in [4.69, 9.17) is 5.73 Å². The summed E-state index contributed by atoms with van der Waals surface area (Å²) in [5.74, 6) is 1.80. The Morgan fingerprint density at radius 1 is 1.24 bits per heavy atom. The highest BCUT2D eigenvalue weighted by molar-refractivity contribution is 5.55. The van der Waals surface area contributed by atoms with Crippen LogP contribution < -0.4 is 5.73 Å². The monoisotopic (exact) mass is 230 g/mol. The van der Waals surface area contributed by atoms with Gasteiger partial charge in [0.05, 0.1) is 0 Å². The molecule has 0 saturated carbocycles. The number of rotatable bonds is 4. The molecule has 4 heteroatoms. The van der Waals surface area contributed by atoms with Crippen LogP contribution in [0, 0.1) is 0 Å². The Kier molecular flexibility index (Phi) is 3.54. The average Bonchev–Trinajstić information content (AvgIpc) is 2.72. The summed E-state index contributed by atoms with van der Waals surface area (Å²) in [4.78, 5) is 4.50. The third-order valence-corrected chi connectivity index (χ3v) is 2.77. The van der Waals surface area contributed by atoms with E-state index in [2.05, 4.69) is 41.3 Å². The minimum Gasteiger partial charge on any atom is -0.330 e. The first-order valence-corrected chi connectivity index (χ1v) is 5.94. The van der Waals surface area contributed by atoms with E-state index in [-0.39, 0.29) is 0 Å². The highest BCUT2D eigenvalue weighted by Gasteiger charge is 2.07. The van der Waals surface area contributed by atoms with Crippen molar-refractivity contribution in [2.75, 3.05) is 6.54 Å². The zero-order chi connectivity index (χ0) is 12.3. The Hall–Kier alpha value is -1.68. The van der Waals surface area contributed by atoms with Gasteiger partial charge in [0, 0.05) is 19.0 Å². The molecule has 1 aromatic heterocycles. The second-order valence-electron chi connectivity index (χ2n) is 4.06. The molecule has 2 rings (SSSR count). The smallest absolute Gasteiger partial charge is 0.158 e. The maximum atomic E-state index is 5.53. The fourth-order valence-electron chi connectivity index (χ4n) is 1.83. The van der Waals surface area contributed by atoms with Gasteiger partial charge in [-0.3, -0.25) is 0 Å². The number of hydrogen-bond donors (Lipinski definition) is 1. The van der Waals surface area contributed by atoms with Gasteiger partial charge < -0.3 is 5.73 Å². The van der Waals surface area contributed by atoms with Crippen molar-refractivity contribution in [2.24, 2.45) is 12.8 Å². The van der Waals surface area contributed by atoms with Crippen molar-refractivity contribution in [3.8, 4) is 11.4 Å². The zero-order valence-electron chi connectivity index (χ0n) is 10.3. The largest absolute Gasteiger partial charge is 0.330 e. The van der Waals surface area contributed by atoms with Gasteiger partial charge in [0.25, 0.3) is 0 Å². The fraction of sp³-hybridized carbons (Fsp3) is 0.385. The zero-order valence-corrected chi connectivity index (χ0v) is 10.3. The lowest BCUT2D eigenvalue weighted by molar-refractivity contribution is 0.752. The molecule has 0 aliphatic carbocycles. The van der Waals surface area contributed by atoms with E-state index >= 15 is 0 Å². The Labute approximate surface area is 101 Å². The molecule has 1 heterocycles. The topological polar surface area (TPSA) is 56.7 Å². The summed E-state index contributed by atoms with van der Waals surface area (Å²) >= 11 is 0. The van der Waals surface area contributed by atoms with Crippen molar-refractivity contribution in [1.82, 2.24) is 14.8 Å². The van der Waals surface area contributed by atoms with Crippen LogP contribution >= 0.6 is 0 Å². The Morgan fingerprint density at radius 3 is 2.47 bits per heavy atom. The number of nitrogens with zero attached hydrogens (tertiary/aromatic N) is 3. The second kappa shape index (κ2) is 5.10. The van der Waals surface area contributed by atoms with Crippen LogP contribution in [-0.4, -0.2) is 21.3 Å². The van der Waals surface area contributed by atoms with Crippen LogP contribution in [0.1, 0.15) is 18.3 Å². The predicted molar refractivity (Wildman–Crippen MR) is 68.6 cm³/mol. The summed E-state index contributed by atoms with van der Waals surface area (Å²) in [5, 5.41) is 4.35. The first-order valence-electron chi connectivity index (χ1n) is 5.94. The molecule has 0 spiro atoms. The minimum absolute atomic E-state index is 0.684. The maximum absolute atomic E-state index is 5.53. The van der Waals surface area contributed by atoms with Crippen LogP contribution in [0.2, 0.25) is 0 Å². The van der Waals surface area contributed by atoms with Crippen molar-refractivity contribution in [3.63, 3.8) is 0 Å². The van der Waals surface area contributed by atoms with Gasteiger partial charge >= 0.3 is 0 Å². The first-order chi connectivity index (χ1) is 8.24. The summed E-state index contributed by atoms with van der Waals surface area (Å²) in [6, 6.07) is 8.36. The fourth-order valence-corrected chi connectivity index (χ4v) is 1.83.